The van der Waals surface area contributed by atoms with Gasteiger partial charge in [-0.05, 0) is 25.1 Å². The maximum Gasteiger partial charge on any atom is 0.238 e. The summed E-state index contributed by atoms with van der Waals surface area (Å²) < 4.78 is 55.3. The van der Waals surface area contributed by atoms with E-state index in [0.717, 1.165) is 12.1 Å². The summed E-state index contributed by atoms with van der Waals surface area (Å²) in [5.41, 5.74) is 0. The van der Waals surface area contributed by atoms with Gasteiger partial charge >= 0.3 is 0 Å². The van der Waals surface area contributed by atoms with Crippen LogP contribution in [-0.4, -0.2) is 50.8 Å². The molecule has 0 radical (unpaired) electrons. The monoisotopic (exact) mass is 319 g/mol. The highest BCUT2D eigenvalue weighted by Gasteiger charge is 2.27. The normalized spacial score (nSPS) is 19.6. The Morgan fingerprint density at radius 2 is 2.10 bits per heavy atom. The van der Waals surface area contributed by atoms with Gasteiger partial charge in [0.25, 0.3) is 0 Å². The van der Waals surface area contributed by atoms with Crippen molar-refractivity contribution in [2.45, 2.75) is 17.9 Å². The Bertz CT molecular complexity index is 648. The number of benzene rings is 1. The van der Waals surface area contributed by atoms with E-state index in [1.54, 1.807) is 6.92 Å². The first-order chi connectivity index (χ1) is 9.79. The smallest absolute Gasteiger partial charge is 0.238 e. The van der Waals surface area contributed by atoms with Crippen LogP contribution in [0.4, 0.5) is 8.78 Å². The van der Waals surface area contributed by atoms with Gasteiger partial charge in [-0.3, -0.25) is 4.79 Å². The summed E-state index contributed by atoms with van der Waals surface area (Å²) in [6, 6.07) is 2.26. The van der Waals surface area contributed by atoms with Gasteiger partial charge in [-0.25, -0.2) is 17.2 Å². The number of carbonyl (C=O) groups excluding carboxylic acids is 1. The molecule has 1 amide bonds. The summed E-state index contributed by atoms with van der Waals surface area (Å²) in [6.07, 6.45) is -0.159. The van der Waals surface area contributed by atoms with Crippen LogP contribution in [0.25, 0.3) is 0 Å². The van der Waals surface area contributed by atoms with Gasteiger partial charge < -0.3 is 9.64 Å². The Morgan fingerprint density at radius 1 is 1.38 bits per heavy atom. The lowest BCUT2D eigenvalue weighted by atomic mass is 10.3. The molecule has 0 bridgehead atoms. The minimum absolute atomic E-state index is 0.159. The van der Waals surface area contributed by atoms with Crippen LogP contribution >= 0.6 is 0 Å². The summed E-state index contributed by atoms with van der Waals surface area (Å²) in [6.45, 7) is 2.75. The third-order valence-electron chi connectivity index (χ3n) is 3.16. The molecule has 1 atom stereocenters. The molecule has 0 spiro atoms. The van der Waals surface area contributed by atoms with Crippen LogP contribution in [0.5, 0.6) is 0 Å². The number of morpholine rings is 1. The van der Waals surface area contributed by atoms with Gasteiger partial charge in [0.1, 0.15) is 5.75 Å². The molecule has 0 aromatic heterocycles. The standard InChI is InChI=1S/C13H15F2NO4S/c1-9-7-16(4-5-20-9)13(17)8-21(18,19)10-2-3-11(14)12(15)6-10/h2-3,6,9H,4-5,7-8H2,1H3/t9-/m0/s1. The fourth-order valence-corrected chi connectivity index (χ4v) is 3.29. The maximum atomic E-state index is 13.1. The third-order valence-corrected chi connectivity index (χ3v) is 4.76. The van der Waals surface area contributed by atoms with E-state index in [1.165, 1.54) is 4.90 Å². The summed E-state index contributed by atoms with van der Waals surface area (Å²) in [7, 11) is -4.00. The zero-order chi connectivity index (χ0) is 15.6. The van der Waals surface area contributed by atoms with Gasteiger partial charge in [0.05, 0.1) is 17.6 Å². The molecule has 0 N–H and O–H groups in total. The van der Waals surface area contributed by atoms with E-state index in [0.29, 0.717) is 25.8 Å². The molecule has 1 saturated heterocycles. The van der Waals surface area contributed by atoms with Crippen LogP contribution in [0.2, 0.25) is 0 Å². The van der Waals surface area contributed by atoms with Gasteiger partial charge in [0.2, 0.25) is 5.91 Å². The fraction of sp³-hybridized carbons (Fsp3) is 0.462. The molecule has 21 heavy (non-hydrogen) atoms. The van der Waals surface area contributed by atoms with Crippen molar-refractivity contribution in [3.05, 3.63) is 29.8 Å². The molecule has 0 aliphatic carbocycles. The number of hydrogen-bond donors (Lipinski definition) is 0. The van der Waals surface area contributed by atoms with Crippen LogP contribution in [0.15, 0.2) is 23.1 Å². The zero-order valence-corrected chi connectivity index (χ0v) is 12.2. The Kier molecular flexibility index (Phi) is 4.58. The predicted octanol–water partition coefficient (Wildman–Crippen LogP) is 0.986. The highest BCUT2D eigenvalue weighted by atomic mass is 32.2. The van der Waals surface area contributed by atoms with Crippen LogP contribution < -0.4 is 0 Å². The maximum absolute atomic E-state index is 13.1. The predicted molar refractivity (Wildman–Crippen MR) is 70.4 cm³/mol. The number of hydrogen-bond acceptors (Lipinski definition) is 4. The molecule has 116 valence electrons. The fourth-order valence-electron chi connectivity index (χ4n) is 2.05. The van der Waals surface area contributed by atoms with Gasteiger partial charge in [-0.2, -0.15) is 0 Å². The van der Waals surface area contributed by atoms with Crippen LogP contribution in [0.1, 0.15) is 6.92 Å². The number of halogens is 2. The van der Waals surface area contributed by atoms with Crippen molar-refractivity contribution in [1.29, 1.82) is 0 Å². The first kappa shape index (κ1) is 15.8. The van der Waals surface area contributed by atoms with Gasteiger partial charge in [0, 0.05) is 13.1 Å². The number of rotatable bonds is 3. The topological polar surface area (TPSA) is 63.7 Å². The minimum atomic E-state index is -4.00. The SMILES string of the molecule is C[C@H]1CN(C(=O)CS(=O)(=O)c2ccc(F)c(F)c2)CCO1. The lowest BCUT2D eigenvalue weighted by molar-refractivity contribution is -0.135. The highest BCUT2D eigenvalue weighted by molar-refractivity contribution is 7.92. The number of nitrogens with zero attached hydrogens (tertiary/aromatic N) is 1. The van der Waals surface area contributed by atoms with E-state index in [2.05, 4.69) is 0 Å². The highest BCUT2D eigenvalue weighted by Crippen LogP contribution is 2.16. The summed E-state index contributed by atoms with van der Waals surface area (Å²) in [5, 5.41) is 0. The Balaban J connectivity index is 2.13. The van der Waals surface area contributed by atoms with E-state index in [9.17, 15) is 22.0 Å². The number of sulfone groups is 1. The second-order valence-corrected chi connectivity index (χ2v) is 6.85. The van der Waals surface area contributed by atoms with Crippen molar-refractivity contribution in [2.24, 2.45) is 0 Å². The van der Waals surface area contributed by atoms with Crippen LogP contribution in [0, 0.1) is 11.6 Å². The number of carbonyl (C=O) groups is 1. The Hall–Kier alpha value is -1.54. The summed E-state index contributed by atoms with van der Waals surface area (Å²) >= 11 is 0. The average molecular weight is 319 g/mol. The van der Waals surface area contributed by atoms with Gasteiger partial charge in [-0.15, -0.1) is 0 Å². The average Bonchev–Trinajstić information content (AvgIpc) is 2.41. The zero-order valence-electron chi connectivity index (χ0n) is 11.4. The van der Waals surface area contributed by atoms with Crippen molar-refractivity contribution < 1.29 is 26.7 Å². The third kappa shape index (κ3) is 3.76. The lowest BCUT2D eigenvalue weighted by Gasteiger charge is -2.31. The molecule has 5 nitrogen and oxygen atoms in total. The first-order valence-corrected chi connectivity index (χ1v) is 8.02. The largest absolute Gasteiger partial charge is 0.375 e. The van der Waals surface area contributed by atoms with Gasteiger partial charge in [0.15, 0.2) is 21.5 Å². The first-order valence-electron chi connectivity index (χ1n) is 6.37. The molecule has 0 saturated carbocycles. The van der Waals surface area contributed by atoms with E-state index in [-0.39, 0.29) is 6.10 Å². The minimum Gasteiger partial charge on any atom is -0.375 e. The second kappa shape index (κ2) is 6.07. The van der Waals surface area contributed by atoms with E-state index < -0.39 is 38.0 Å². The van der Waals surface area contributed by atoms with Crippen LogP contribution in [0.3, 0.4) is 0 Å². The van der Waals surface area contributed by atoms with Crippen molar-refractivity contribution >= 4 is 15.7 Å². The van der Waals surface area contributed by atoms with Crippen molar-refractivity contribution in [3.63, 3.8) is 0 Å². The van der Waals surface area contributed by atoms with Crippen molar-refractivity contribution in [1.82, 2.24) is 4.90 Å². The molecular weight excluding hydrogens is 304 g/mol. The quantitative estimate of drug-likeness (QED) is 0.779. The van der Waals surface area contributed by atoms with Gasteiger partial charge in [-0.1, -0.05) is 0 Å². The second-order valence-electron chi connectivity index (χ2n) is 4.86. The molecule has 1 aromatic rings. The molecule has 8 heteroatoms. The van der Waals surface area contributed by atoms with Crippen molar-refractivity contribution in [3.8, 4) is 0 Å². The molecule has 1 aliphatic heterocycles. The van der Waals surface area contributed by atoms with Crippen LogP contribution in [-0.2, 0) is 19.4 Å². The molecule has 1 fully saturated rings. The molecule has 1 aromatic carbocycles. The number of ether oxygens (including phenoxy) is 1. The lowest BCUT2D eigenvalue weighted by Crippen LogP contribution is -2.46. The number of amides is 1. The molecule has 1 aliphatic rings. The Labute approximate surface area is 121 Å². The van der Waals surface area contributed by atoms with E-state index in [4.69, 9.17) is 4.74 Å². The molecule has 0 unspecified atom stereocenters. The summed E-state index contributed by atoms with van der Waals surface area (Å²) in [4.78, 5) is 13.0. The van der Waals surface area contributed by atoms with E-state index >= 15 is 0 Å². The molecule has 2 rings (SSSR count). The molecular formula is C13H15F2NO4S. The summed E-state index contributed by atoms with van der Waals surface area (Å²) in [5.74, 6) is -3.74. The molecule has 1 heterocycles. The Morgan fingerprint density at radius 3 is 2.71 bits per heavy atom. The van der Waals surface area contributed by atoms with E-state index in [1.807, 2.05) is 0 Å². The van der Waals surface area contributed by atoms with Crippen molar-refractivity contribution in [2.75, 3.05) is 25.4 Å².